The number of benzene rings is 1. The summed E-state index contributed by atoms with van der Waals surface area (Å²) in [5.74, 6) is 2.62. The molecule has 0 aliphatic rings. The Labute approximate surface area is 117 Å². The fraction of sp³-hybridized carbons (Fsp3) is 0.429. The van der Waals surface area contributed by atoms with Crippen LogP contribution >= 0.6 is 11.6 Å². The predicted molar refractivity (Wildman–Crippen MR) is 74.2 cm³/mol. The van der Waals surface area contributed by atoms with Crippen molar-refractivity contribution in [2.75, 3.05) is 6.61 Å². The van der Waals surface area contributed by atoms with E-state index in [0.717, 1.165) is 24.3 Å². The molecule has 0 saturated heterocycles. The highest BCUT2D eigenvalue weighted by molar-refractivity contribution is 6.16. The number of hydrogen-bond acceptors (Lipinski definition) is 4. The molecule has 0 fully saturated rings. The number of ether oxygens (including phenoxy) is 1. The Balaban J connectivity index is 1.97. The van der Waals surface area contributed by atoms with Crippen LogP contribution in [-0.2, 0) is 5.88 Å². The second-order valence-corrected chi connectivity index (χ2v) is 4.96. The van der Waals surface area contributed by atoms with Crippen molar-refractivity contribution in [1.29, 1.82) is 0 Å². The lowest BCUT2D eigenvalue weighted by Gasteiger charge is -2.07. The van der Waals surface area contributed by atoms with Crippen molar-refractivity contribution in [3.8, 4) is 17.2 Å². The SMILES string of the molecule is CC(C)CCOc1ccc(-c2nnc(CCl)o2)cc1. The van der Waals surface area contributed by atoms with E-state index in [1.807, 2.05) is 24.3 Å². The van der Waals surface area contributed by atoms with E-state index in [4.69, 9.17) is 20.8 Å². The zero-order valence-corrected chi connectivity index (χ0v) is 11.9. The molecule has 5 heteroatoms. The molecular weight excluding hydrogens is 264 g/mol. The van der Waals surface area contributed by atoms with Gasteiger partial charge in [0.2, 0.25) is 11.8 Å². The fourth-order valence-corrected chi connectivity index (χ4v) is 1.64. The number of alkyl halides is 1. The molecule has 19 heavy (non-hydrogen) atoms. The summed E-state index contributed by atoms with van der Waals surface area (Å²) in [7, 11) is 0. The first-order valence-corrected chi connectivity index (χ1v) is 6.84. The normalized spacial score (nSPS) is 10.9. The van der Waals surface area contributed by atoms with Crippen LogP contribution in [0.25, 0.3) is 11.5 Å². The molecule has 102 valence electrons. The molecule has 0 N–H and O–H groups in total. The molecule has 1 heterocycles. The molecule has 4 nitrogen and oxygen atoms in total. The number of nitrogens with zero attached hydrogens (tertiary/aromatic N) is 2. The summed E-state index contributed by atoms with van der Waals surface area (Å²) in [5, 5.41) is 7.75. The first-order chi connectivity index (χ1) is 9.19. The molecule has 0 spiro atoms. The Hall–Kier alpha value is -1.55. The van der Waals surface area contributed by atoms with Crippen molar-refractivity contribution < 1.29 is 9.15 Å². The van der Waals surface area contributed by atoms with Gasteiger partial charge in [-0.3, -0.25) is 0 Å². The van der Waals surface area contributed by atoms with E-state index >= 15 is 0 Å². The van der Waals surface area contributed by atoms with Gasteiger partial charge >= 0.3 is 0 Å². The highest BCUT2D eigenvalue weighted by atomic mass is 35.5. The van der Waals surface area contributed by atoms with Crippen molar-refractivity contribution in [3.05, 3.63) is 30.2 Å². The van der Waals surface area contributed by atoms with E-state index < -0.39 is 0 Å². The third-order valence-corrected chi connectivity index (χ3v) is 2.87. The average molecular weight is 281 g/mol. The summed E-state index contributed by atoms with van der Waals surface area (Å²) in [4.78, 5) is 0. The minimum atomic E-state index is 0.226. The Morgan fingerprint density at radius 1 is 1.21 bits per heavy atom. The first kappa shape index (κ1) is 13.9. The van der Waals surface area contributed by atoms with Crippen LogP contribution in [0.3, 0.4) is 0 Å². The summed E-state index contributed by atoms with van der Waals surface area (Å²) in [6, 6.07) is 7.60. The number of rotatable bonds is 6. The summed E-state index contributed by atoms with van der Waals surface area (Å²) in [5.41, 5.74) is 0.861. The van der Waals surface area contributed by atoms with Crippen LogP contribution in [-0.4, -0.2) is 16.8 Å². The van der Waals surface area contributed by atoms with Crippen LogP contribution in [0.4, 0.5) is 0 Å². The zero-order valence-electron chi connectivity index (χ0n) is 11.1. The quantitative estimate of drug-likeness (QED) is 0.753. The minimum Gasteiger partial charge on any atom is -0.494 e. The zero-order chi connectivity index (χ0) is 13.7. The third kappa shape index (κ3) is 3.96. The van der Waals surface area contributed by atoms with Crippen LogP contribution in [0.1, 0.15) is 26.2 Å². The van der Waals surface area contributed by atoms with Crippen LogP contribution in [0.15, 0.2) is 28.7 Å². The second kappa shape index (κ2) is 6.57. The smallest absolute Gasteiger partial charge is 0.247 e. The predicted octanol–water partition coefficient (Wildman–Crippen LogP) is 3.90. The van der Waals surface area contributed by atoms with E-state index in [2.05, 4.69) is 24.0 Å². The second-order valence-electron chi connectivity index (χ2n) is 4.69. The van der Waals surface area contributed by atoms with Crippen molar-refractivity contribution >= 4 is 11.6 Å². The van der Waals surface area contributed by atoms with Gasteiger partial charge in [0.1, 0.15) is 11.6 Å². The van der Waals surface area contributed by atoms with E-state index in [0.29, 0.717) is 17.7 Å². The third-order valence-electron chi connectivity index (χ3n) is 2.65. The molecule has 2 rings (SSSR count). The van der Waals surface area contributed by atoms with Crippen molar-refractivity contribution in [1.82, 2.24) is 10.2 Å². The number of halogens is 1. The molecule has 0 aliphatic carbocycles. The van der Waals surface area contributed by atoms with Crippen LogP contribution in [0.2, 0.25) is 0 Å². The minimum absolute atomic E-state index is 0.226. The molecule has 1 aromatic carbocycles. The van der Waals surface area contributed by atoms with E-state index in [1.165, 1.54) is 0 Å². The van der Waals surface area contributed by atoms with E-state index in [-0.39, 0.29) is 5.88 Å². The van der Waals surface area contributed by atoms with Gasteiger partial charge in [-0.25, -0.2) is 0 Å². The summed E-state index contributed by atoms with van der Waals surface area (Å²) < 4.78 is 11.0. The van der Waals surface area contributed by atoms with E-state index in [1.54, 1.807) is 0 Å². The van der Waals surface area contributed by atoms with Gasteiger partial charge in [0, 0.05) is 5.56 Å². The van der Waals surface area contributed by atoms with Crippen LogP contribution < -0.4 is 4.74 Å². The maximum Gasteiger partial charge on any atom is 0.247 e. The Morgan fingerprint density at radius 3 is 2.53 bits per heavy atom. The maximum absolute atomic E-state index is 5.65. The highest BCUT2D eigenvalue weighted by Crippen LogP contribution is 2.22. The van der Waals surface area contributed by atoms with Crippen LogP contribution in [0.5, 0.6) is 5.75 Å². The van der Waals surface area contributed by atoms with Gasteiger partial charge in [-0.05, 0) is 36.6 Å². The van der Waals surface area contributed by atoms with Crippen molar-refractivity contribution in [2.45, 2.75) is 26.1 Å². The fourth-order valence-electron chi connectivity index (χ4n) is 1.53. The Morgan fingerprint density at radius 2 is 1.95 bits per heavy atom. The Bertz CT molecular complexity index is 508. The highest BCUT2D eigenvalue weighted by Gasteiger charge is 2.07. The molecule has 2 aromatic rings. The standard InChI is InChI=1S/C14H17ClN2O2/c1-10(2)7-8-18-12-5-3-11(4-6-12)14-17-16-13(9-15)19-14/h3-6,10H,7-9H2,1-2H3. The van der Waals surface area contributed by atoms with E-state index in [9.17, 15) is 0 Å². The molecule has 0 amide bonds. The summed E-state index contributed by atoms with van der Waals surface area (Å²) in [6.45, 7) is 5.08. The average Bonchev–Trinajstić information content (AvgIpc) is 2.88. The molecule has 0 unspecified atom stereocenters. The number of aromatic nitrogens is 2. The lowest BCUT2D eigenvalue weighted by molar-refractivity contribution is 0.289. The van der Waals surface area contributed by atoms with Crippen LogP contribution in [0, 0.1) is 5.92 Å². The lowest BCUT2D eigenvalue weighted by Crippen LogP contribution is -2.01. The molecule has 0 radical (unpaired) electrons. The van der Waals surface area contributed by atoms with Crippen molar-refractivity contribution in [3.63, 3.8) is 0 Å². The molecular formula is C14H17ClN2O2. The monoisotopic (exact) mass is 280 g/mol. The van der Waals surface area contributed by atoms with Gasteiger partial charge in [-0.15, -0.1) is 21.8 Å². The van der Waals surface area contributed by atoms with Gasteiger partial charge in [-0.2, -0.15) is 0 Å². The largest absolute Gasteiger partial charge is 0.494 e. The van der Waals surface area contributed by atoms with Gasteiger partial charge in [0.15, 0.2) is 0 Å². The number of hydrogen-bond donors (Lipinski definition) is 0. The first-order valence-electron chi connectivity index (χ1n) is 6.30. The molecule has 0 atom stereocenters. The van der Waals surface area contributed by atoms with Gasteiger partial charge in [0.05, 0.1) is 6.61 Å². The van der Waals surface area contributed by atoms with Gasteiger partial charge in [-0.1, -0.05) is 13.8 Å². The van der Waals surface area contributed by atoms with Gasteiger partial charge in [0.25, 0.3) is 0 Å². The summed E-state index contributed by atoms with van der Waals surface area (Å²) in [6.07, 6.45) is 1.05. The van der Waals surface area contributed by atoms with Gasteiger partial charge < -0.3 is 9.15 Å². The lowest BCUT2D eigenvalue weighted by atomic mass is 10.1. The van der Waals surface area contributed by atoms with Crippen molar-refractivity contribution in [2.24, 2.45) is 5.92 Å². The molecule has 1 aromatic heterocycles. The molecule has 0 aliphatic heterocycles. The Kier molecular flexibility index (Phi) is 4.80. The molecule has 0 bridgehead atoms. The molecule has 0 saturated carbocycles. The maximum atomic E-state index is 5.65. The topological polar surface area (TPSA) is 48.2 Å². The summed E-state index contributed by atoms with van der Waals surface area (Å²) >= 11 is 5.62.